The molecule has 0 fully saturated rings. The molecule has 3 N–H and O–H groups in total. The van der Waals surface area contributed by atoms with Crippen LogP contribution in [-0.4, -0.2) is 29.1 Å². The lowest BCUT2D eigenvalue weighted by atomic mass is 9.98. The van der Waals surface area contributed by atoms with Gasteiger partial charge in [0.15, 0.2) is 11.5 Å². The molecule has 7 heteroatoms. The molecule has 1 amide bonds. The van der Waals surface area contributed by atoms with Gasteiger partial charge in [0.25, 0.3) is 5.91 Å². The fourth-order valence-corrected chi connectivity index (χ4v) is 3.50. The first-order valence-electron chi connectivity index (χ1n) is 9.93. The number of carbonyl (C=O) groups is 1. The molecular formula is C23H24N4O3. The number of anilines is 1. The molecule has 7 nitrogen and oxygen atoms in total. The van der Waals surface area contributed by atoms with Crippen molar-refractivity contribution in [3.63, 3.8) is 0 Å². The number of aromatic nitrogens is 2. The van der Waals surface area contributed by atoms with Crippen molar-refractivity contribution < 1.29 is 14.3 Å². The maximum Gasteiger partial charge on any atom is 0.255 e. The third kappa shape index (κ3) is 4.51. The summed E-state index contributed by atoms with van der Waals surface area (Å²) in [4.78, 5) is 21.0. The SMILES string of the molecule is Cc1nc(N)ncc1C(=O)N[C@H](CCc1ccccc1)c1ccc2c(c1)OCCO2. The lowest BCUT2D eigenvalue weighted by molar-refractivity contribution is 0.0933. The van der Waals surface area contributed by atoms with Crippen molar-refractivity contribution in [1.82, 2.24) is 15.3 Å². The van der Waals surface area contributed by atoms with Crippen molar-refractivity contribution in [3.05, 3.63) is 77.1 Å². The van der Waals surface area contributed by atoms with E-state index in [9.17, 15) is 4.79 Å². The second-order valence-electron chi connectivity index (χ2n) is 7.18. The maximum atomic E-state index is 13.0. The van der Waals surface area contributed by atoms with Gasteiger partial charge in [-0.1, -0.05) is 36.4 Å². The third-order valence-electron chi connectivity index (χ3n) is 5.08. The number of nitrogens with two attached hydrogens (primary N) is 1. The fraction of sp³-hybridized carbons (Fsp3) is 0.261. The molecule has 0 bridgehead atoms. The van der Waals surface area contributed by atoms with Gasteiger partial charge in [-0.05, 0) is 43.0 Å². The molecule has 2 aromatic carbocycles. The van der Waals surface area contributed by atoms with Gasteiger partial charge in [0.05, 0.1) is 17.3 Å². The molecule has 2 heterocycles. The molecule has 0 aliphatic carbocycles. The Morgan fingerprint density at radius 2 is 1.90 bits per heavy atom. The first-order valence-corrected chi connectivity index (χ1v) is 9.93. The summed E-state index contributed by atoms with van der Waals surface area (Å²) in [5, 5.41) is 3.13. The molecule has 0 spiro atoms. The Morgan fingerprint density at radius 1 is 1.13 bits per heavy atom. The molecule has 0 unspecified atom stereocenters. The molecule has 154 valence electrons. The lowest BCUT2D eigenvalue weighted by Gasteiger charge is -2.23. The first kappa shape index (κ1) is 19.7. The molecule has 1 aliphatic heterocycles. The number of ether oxygens (including phenoxy) is 2. The van der Waals surface area contributed by atoms with Gasteiger partial charge in [-0.25, -0.2) is 9.97 Å². The number of nitrogens with one attached hydrogen (secondary N) is 1. The Bertz CT molecular complexity index is 1040. The number of amides is 1. The van der Waals surface area contributed by atoms with Crippen LogP contribution in [0, 0.1) is 6.92 Å². The van der Waals surface area contributed by atoms with Gasteiger partial charge in [-0.15, -0.1) is 0 Å². The summed E-state index contributed by atoms with van der Waals surface area (Å²) in [5.74, 6) is 1.34. The first-order chi connectivity index (χ1) is 14.6. The van der Waals surface area contributed by atoms with Crippen molar-refractivity contribution in [3.8, 4) is 11.5 Å². The van der Waals surface area contributed by atoms with Crippen LogP contribution in [0.25, 0.3) is 0 Å². The summed E-state index contributed by atoms with van der Waals surface area (Å²) in [6.07, 6.45) is 3.01. The number of aryl methyl sites for hydroxylation is 2. The highest BCUT2D eigenvalue weighted by Gasteiger charge is 2.21. The van der Waals surface area contributed by atoms with E-state index in [4.69, 9.17) is 15.2 Å². The molecule has 1 aromatic heterocycles. The van der Waals surface area contributed by atoms with Crippen molar-refractivity contribution in [2.24, 2.45) is 0 Å². The zero-order valence-electron chi connectivity index (χ0n) is 16.8. The monoisotopic (exact) mass is 404 g/mol. The molecule has 0 saturated carbocycles. The van der Waals surface area contributed by atoms with Crippen LogP contribution in [0.5, 0.6) is 11.5 Å². The van der Waals surface area contributed by atoms with E-state index in [0.717, 1.165) is 24.2 Å². The second-order valence-corrected chi connectivity index (χ2v) is 7.18. The maximum absolute atomic E-state index is 13.0. The molecule has 3 aromatic rings. The number of hydrogen-bond acceptors (Lipinski definition) is 6. The van der Waals surface area contributed by atoms with Crippen LogP contribution in [0.3, 0.4) is 0 Å². The number of rotatable bonds is 6. The minimum absolute atomic E-state index is 0.150. The predicted molar refractivity (Wildman–Crippen MR) is 114 cm³/mol. The third-order valence-corrected chi connectivity index (χ3v) is 5.08. The quantitative estimate of drug-likeness (QED) is 0.654. The molecule has 1 atom stereocenters. The van der Waals surface area contributed by atoms with Crippen molar-refractivity contribution >= 4 is 11.9 Å². The van der Waals surface area contributed by atoms with E-state index in [1.165, 1.54) is 11.8 Å². The van der Waals surface area contributed by atoms with Crippen LogP contribution < -0.4 is 20.5 Å². The number of nitrogens with zero attached hydrogens (tertiary/aromatic N) is 2. The van der Waals surface area contributed by atoms with Gasteiger partial charge in [0.1, 0.15) is 13.2 Å². The molecular weight excluding hydrogens is 380 g/mol. The minimum Gasteiger partial charge on any atom is -0.486 e. The minimum atomic E-state index is -0.236. The van der Waals surface area contributed by atoms with E-state index < -0.39 is 0 Å². The van der Waals surface area contributed by atoms with Crippen LogP contribution in [0.1, 0.15) is 39.6 Å². The topological polar surface area (TPSA) is 99.4 Å². The summed E-state index contributed by atoms with van der Waals surface area (Å²) in [7, 11) is 0. The van der Waals surface area contributed by atoms with Gasteiger partial charge in [0, 0.05) is 6.20 Å². The van der Waals surface area contributed by atoms with Crippen LogP contribution in [0.2, 0.25) is 0 Å². The van der Waals surface area contributed by atoms with Gasteiger partial charge in [-0.2, -0.15) is 0 Å². The Balaban J connectivity index is 1.58. The molecule has 0 saturated heterocycles. The summed E-state index contributed by atoms with van der Waals surface area (Å²) in [6, 6.07) is 15.8. The molecule has 1 aliphatic rings. The smallest absolute Gasteiger partial charge is 0.255 e. The van der Waals surface area contributed by atoms with Crippen LogP contribution in [0.4, 0.5) is 5.95 Å². The van der Waals surface area contributed by atoms with E-state index in [1.807, 2.05) is 36.4 Å². The highest BCUT2D eigenvalue weighted by atomic mass is 16.6. The Hall–Kier alpha value is -3.61. The largest absolute Gasteiger partial charge is 0.486 e. The Labute approximate surface area is 175 Å². The molecule has 0 radical (unpaired) electrons. The summed E-state index contributed by atoms with van der Waals surface area (Å²) >= 11 is 0. The van der Waals surface area contributed by atoms with E-state index in [0.29, 0.717) is 30.2 Å². The Morgan fingerprint density at radius 3 is 2.67 bits per heavy atom. The van der Waals surface area contributed by atoms with Crippen molar-refractivity contribution in [2.45, 2.75) is 25.8 Å². The zero-order chi connectivity index (χ0) is 20.9. The highest BCUT2D eigenvalue weighted by molar-refractivity contribution is 5.95. The van der Waals surface area contributed by atoms with Crippen LogP contribution >= 0.6 is 0 Å². The number of fused-ring (bicyclic) bond motifs is 1. The summed E-state index contributed by atoms with van der Waals surface area (Å²) in [6.45, 7) is 2.80. The zero-order valence-corrected chi connectivity index (χ0v) is 16.8. The van der Waals surface area contributed by atoms with E-state index >= 15 is 0 Å². The predicted octanol–water partition coefficient (Wildman–Crippen LogP) is 3.24. The highest BCUT2D eigenvalue weighted by Crippen LogP contribution is 2.33. The number of benzene rings is 2. The molecule has 4 rings (SSSR count). The fourth-order valence-electron chi connectivity index (χ4n) is 3.50. The average molecular weight is 404 g/mol. The van der Waals surface area contributed by atoms with Gasteiger partial charge in [-0.3, -0.25) is 4.79 Å². The number of nitrogen functional groups attached to an aromatic ring is 1. The average Bonchev–Trinajstić information content (AvgIpc) is 2.77. The van der Waals surface area contributed by atoms with Crippen molar-refractivity contribution in [2.75, 3.05) is 18.9 Å². The summed E-state index contributed by atoms with van der Waals surface area (Å²) < 4.78 is 11.4. The standard InChI is InChI=1S/C23H24N4O3/c1-15-18(14-25-23(24)26-15)22(28)27-19(9-7-16-5-3-2-4-6-16)17-8-10-20-21(13-17)30-12-11-29-20/h2-6,8,10,13-14,19H,7,9,11-12H2,1H3,(H,27,28)(H2,24,25,26)/t19-/m1/s1. The number of hydrogen-bond donors (Lipinski definition) is 2. The van der Waals surface area contributed by atoms with Gasteiger partial charge in [0.2, 0.25) is 5.95 Å². The van der Waals surface area contributed by atoms with Gasteiger partial charge < -0.3 is 20.5 Å². The second kappa shape index (κ2) is 8.82. The van der Waals surface area contributed by atoms with E-state index in [1.54, 1.807) is 6.92 Å². The van der Waals surface area contributed by atoms with Crippen LogP contribution in [0.15, 0.2) is 54.7 Å². The van der Waals surface area contributed by atoms with E-state index in [-0.39, 0.29) is 17.9 Å². The molecule has 30 heavy (non-hydrogen) atoms. The van der Waals surface area contributed by atoms with E-state index in [2.05, 4.69) is 27.4 Å². The van der Waals surface area contributed by atoms with Gasteiger partial charge >= 0.3 is 0 Å². The summed E-state index contributed by atoms with van der Waals surface area (Å²) in [5.41, 5.74) is 8.74. The lowest BCUT2D eigenvalue weighted by Crippen LogP contribution is -2.30. The van der Waals surface area contributed by atoms with Crippen LogP contribution in [-0.2, 0) is 6.42 Å². The Kier molecular flexibility index (Phi) is 5.79. The van der Waals surface area contributed by atoms with Crippen molar-refractivity contribution in [1.29, 1.82) is 0 Å². The number of carbonyl (C=O) groups excluding carboxylic acids is 1. The normalized spacial score (nSPS) is 13.5.